The van der Waals surface area contributed by atoms with Crippen LogP contribution in [0.2, 0.25) is 0 Å². The van der Waals surface area contributed by atoms with Crippen LogP contribution in [-0.4, -0.2) is 13.1 Å². The van der Waals surface area contributed by atoms with Crippen LogP contribution < -0.4 is 5.32 Å². The Bertz CT molecular complexity index is 90.7. The molecule has 1 unspecified atom stereocenters. The molecule has 1 rings (SSSR count). The van der Waals surface area contributed by atoms with Gasteiger partial charge in [-0.3, -0.25) is 0 Å². The van der Waals surface area contributed by atoms with E-state index in [4.69, 9.17) is 0 Å². The SMILES string of the molecule is CCC1CCNC[C@@H](C)C1. The number of hydrogen-bond donors (Lipinski definition) is 1. The summed E-state index contributed by atoms with van der Waals surface area (Å²) < 4.78 is 0. The summed E-state index contributed by atoms with van der Waals surface area (Å²) in [5, 5.41) is 3.46. The maximum absolute atomic E-state index is 3.46. The van der Waals surface area contributed by atoms with Gasteiger partial charge >= 0.3 is 0 Å². The maximum Gasteiger partial charge on any atom is -0.00231 e. The first-order chi connectivity index (χ1) is 4.83. The summed E-state index contributed by atoms with van der Waals surface area (Å²) in [7, 11) is 0. The zero-order chi connectivity index (χ0) is 7.40. The van der Waals surface area contributed by atoms with E-state index in [-0.39, 0.29) is 0 Å². The van der Waals surface area contributed by atoms with Crippen LogP contribution in [0.15, 0.2) is 0 Å². The first kappa shape index (κ1) is 8.06. The molecule has 0 spiro atoms. The van der Waals surface area contributed by atoms with Gasteiger partial charge in [-0.15, -0.1) is 0 Å². The standard InChI is InChI=1S/C9H19N/c1-3-9-4-5-10-7-8(2)6-9/h8-10H,3-7H2,1-2H3/t8-,9?/m0/s1. The van der Waals surface area contributed by atoms with E-state index in [2.05, 4.69) is 19.2 Å². The van der Waals surface area contributed by atoms with Gasteiger partial charge in [0.15, 0.2) is 0 Å². The van der Waals surface area contributed by atoms with Crippen LogP contribution in [0.1, 0.15) is 33.1 Å². The molecule has 0 aliphatic carbocycles. The van der Waals surface area contributed by atoms with E-state index >= 15 is 0 Å². The summed E-state index contributed by atoms with van der Waals surface area (Å²) in [5.74, 6) is 1.89. The second-order valence-corrected chi connectivity index (χ2v) is 3.61. The maximum atomic E-state index is 3.46. The lowest BCUT2D eigenvalue weighted by Crippen LogP contribution is -2.18. The molecule has 10 heavy (non-hydrogen) atoms. The van der Waals surface area contributed by atoms with Gasteiger partial charge in [-0.25, -0.2) is 0 Å². The molecule has 1 fully saturated rings. The molecule has 1 saturated heterocycles. The van der Waals surface area contributed by atoms with Gasteiger partial charge in [0.2, 0.25) is 0 Å². The van der Waals surface area contributed by atoms with Crippen molar-refractivity contribution in [2.75, 3.05) is 13.1 Å². The van der Waals surface area contributed by atoms with E-state index in [0.29, 0.717) is 0 Å². The van der Waals surface area contributed by atoms with Crippen molar-refractivity contribution in [2.24, 2.45) is 11.8 Å². The van der Waals surface area contributed by atoms with Crippen LogP contribution in [0, 0.1) is 11.8 Å². The van der Waals surface area contributed by atoms with Crippen molar-refractivity contribution in [1.29, 1.82) is 0 Å². The molecule has 0 bridgehead atoms. The predicted molar refractivity (Wildman–Crippen MR) is 45.0 cm³/mol. The van der Waals surface area contributed by atoms with Gasteiger partial charge in [0.1, 0.15) is 0 Å². The highest BCUT2D eigenvalue weighted by atomic mass is 14.9. The van der Waals surface area contributed by atoms with E-state index in [9.17, 15) is 0 Å². The van der Waals surface area contributed by atoms with Crippen LogP contribution in [0.25, 0.3) is 0 Å². The molecule has 0 aromatic carbocycles. The highest BCUT2D eigenvalue weighted by molar-refractivity contribution is 4.69. The van der Waals surface area contributed by atoms with Crippen LogP contribution in [0.3, 0.4) is 0 Å². The van der Waals surface area contributed by atoms with E-state index in [0.717, 1.165) is 11.8 Å². The molecule has 0 radical (unpaired) electrons. The molecule has 2 atom stereocenters. The Hall–Kier alpha value is -0.0400. The van der Waals surface area contributed by atoms with Crippen molar-refractivity contribution in [3.63, 3.8) is 0 Å². The van der Waals surface area contributed by atoms with Crippen molar-refractivity contribution in [2.45, 2.75) is 33.1 Å². The van der Waals surface area contributed by atoms with Crippen molar-refractivity contribution < 1.29 is 0 Å². The Morgan fingerprint density at radius 3 is 3.00 bits per heavy atom. The van der Waals surface area contributed by atoms with Crippen LogP contribution in [0.4, 0.5) is 0 Å². The normalized spacial score (nSPS) is 35.4. The first-order valence-electron chi connectivity index (χ1n) is 4.53. The Labute approximate surface area is 64.2 Å². The lowest BCUT2D eigenvalue weighted by atomic mass is 9.93. The van der Waals surface area contributed by atoms with E-state index in [1.807, 2.05) is 0 Å². The molecule has 60 valence electrons. The van der Waals surface area contributed by atoms with Crippen molar-refractivity contribution in [1.82, 2.24) is 5.32 Å². The Morgan fingerprint density at radius 2 is 2.30 bits per heavy atom. The van der Waals surface area contributed by atoms with Gasteiger partial charge in [-0.2, -0.15) is 0 Å². The minimum atomic E-state index is 0.896. The molecule has 1 heteroatoms. The summed E-state index contributed by atoms with van der Waals surface area (Å²) >= 11 is 0. The third-order valence-corrected chi connectivity index (χ3v) is 2.54. The number of nitrogens with one attached hydrogen (secondary N) is 1. The van der Waals surface area contributed by atoms with Crippen molar-refractivity contribution >= 4 is 0 Å². The molecule has 0 saturated carbocycles. The lowest BCUT2D eigenvalue weighted by Gasteiger charge is -2.13. The molecule has 1 aliphatic heterocycles. The topological polar surface area (TPSA) is 12.0 Å². The van der Waals surface area contributed by atoms with Gasteiger partial charge in [0.05, 0.1) is 0 Å². The fourth-order valence-corrected chi connectivity index (χ4v) is 1.80. The summed E-state index contributed by atoms with van der Waals surface area (Å²) in [6.45, 7) is 7.13. The third kappa shape index (κ3) is 2.30. The largest absolute Gasteiger partial charge is 0.316 e. The zero-order valence-corrected chi connectivity index (χ0v) is 7.19. The molecular weight excluding hydrogens is 122 g/mol. The number of hydrogen-bond acceptors (Lipinski definition) is 1. The van der Waals surface area contributed by atoms with E-state index in [1.54, 1.807) is 0 Å². The summed E-state index contributed by atoms with van der Waals surface area (Å²) in [4.78, 5) is 0. The average Bonchev–Trinajstić information content (AvgIpc) is 2.13. The lowest BCUT2D eigenvalue weighted by molar-refractivity contribution is 0.400. The second-order valence-electron chi connectivity index (χ2n) is 3.61. The quantitative estimate of drug-likeness (QED) is 0.589. The molecule has 0 aromatic rings. The zero-order valence-electron chi connectivity index (χ0n) is 7.19. The first-order valence-corrected chi connectivity index (χ1v) is 4.53. The predicted octanol–water partition coefficient (Wildman–Crippen LogP) is 2.03. The van der Waals surface area contributed by atoms with Crippen LogP contribution in [0.5, 0.6) is 0 Å². The highest BCUT2D eigenvalue weighted by Gasteiger charge is 2.14. The van der Waals surface area contributed by atoms with Gasteiger partial charge in [0, 0.05) is 0 Å². The fraction of sp³-hybridized carbons (Fsp3) is 1.00. The minimum absolute atomic E-state index is 0.896. The smallest absolute Gasteiger partial charge is 0.00231 e. The van der Waals surface area contributed by atoms with Crippen molar-refractivity contribution in [3.8, 4) is 0 Å². The van der Waals surface area contributed by atoms with Gasteiger partial charge in [-0.1, -0.05) is 20.3 Å². The molecule has 0 amide bonds. The Balaban J connectivity index is 2.30. The van der Waals surface area contributed by atoms with Crippen LogP contribution >= 0.6 is 0 Å². The third-order valence-electron chi connectivity index (χ3n) is 2.54. The van der Waals surface area contributed by atoms with Gasteiger partial charge < -0.3 is 5.32 Å². The summed E-state index contributed by atoms with van der Waals surface area (Å²) in [6, 6.07) is 0. The monoisotopic (exact) mass is 141 g/mol. The van der Waals surface area contributed by atoms with E-state index < -0.39 is 0 Å². The molecule has 1 aliphatic rings. The van der Waals surface area contributed by atoms with Gasteiger partial charge in [-0.05, 0) is 37.8 Å². The molecule has 1 nitrogen and oxygen atoms in total. The van der Waals surface area contributed by atoms with Gasteiger partial charge in [0.25, 0.3) is 0 Å². The molecule has 1 heterocycles. The van der Waals surface area contributed by atoms with Crippen molar-refractivity contribution in [3.05, 3.63) is 0 Å². The minimum Gasteiger partial charge on any atom is -0.316 e. The molecule has 1 N–H and O–H groups in total. The fourth-order valence-electron chi connectivity index (χ4n) is 1.80. The summed E-state index contributed by atoms with van der Waals surface area (Å²) in [5.41, 5.74) is 0. The Morgan fingerprint density at radius 1 is 1.50 bits per heavy atom. The number of rotatable bonds is 1. The second kappa shape index (κ2) is 3.97. The summed E-state index contributed by atoms with van der Waals surface area (Å²) in [6.07, 6.45) is 4.19. The Kier molecular flexibility index (Phi) is 3.20. The molecular formula is C9H19N. The average molecular weight is 141 g/mol. The van der Waals surface area contributed by atoms with E-state index in [1.165, 1.54) is 32.4 Å². The van der Waals surface area contributed by atoms with Crippen LogP contribution in [-0.2, 0) is 0 Å². The highest BCUT2D eigenvalue weighted by Crippen LogP contribution is 2.20. The molecule has 0 aromatic heterocycles.